The summed E-state index contributed by atoms with van der Waals surface area (Å²) in [5.74, 6) is -1.57. The van der Waals surface area contributed by atoms with E-state index in [0.717, 1.165) is 25.6 Å². The summed E-state index contributed by atoms with van der Waals surface area (Å²) >= 11 is 11.9. The molecule has 0 radical (unpaired) electrons. The highest BCUT2D eigenvalue weighted by atomic mass is 127. The summed E-state index contributed by atoms with van der Waals surface area (Å²) in [4.78, 5) is 52.7. The first kappa shape index (κ1) is 31.9. The number of benzene rings is 2. The van der Waals surface area contributed by atoms with Crippen LogP contribution in [0.2, 0.25) is 0 Å². The van der Waals surface area contributed by atoms with Crippen LogP contribution < -0.4 is 0 Å². The quantitative estimate of drug-likeness (QED) is 0.167. The lowest BCUT2D eigenvalue weighted by Crippen LogP contribution is -2.64. The minimum absolute atomic E-state index is 0.00966. The Kier molecular flexibility index (Phi) is 8.44. The average molecular weight is 839 g/mol. The maximum Gasteiger partial charge on any atom is 0.339 e. The zero-order chi connectivity index (χ0) is 31.5. The molecule has 0 aliphatic heterocycles. The fourth-order valence-corrected chi connectivity index (χ4v) is 10.2. The van der Waals surface area contributed by atoms with Crippen LogP contribution in [-0.2, 0) is 19.1 Å². The number of hydrogen-bond acceptors (Lipinski definition) is 6. The number of rotatable bonds is 6. The predicted molar refractivity (Wildman–Crippen MR) is 183 cm³/mol. The molecule has 0 aromatic heterocycles. The predicted octanol–water partition coefficient (Wildman–Crippen LogP) is 7.89. The van der Waals surface area contributed by atoms with Crippen molar-refractivity contribution in [1.82, 2.24) is 0 Å². The molecule has 0 N–H and O–H groups in total. The van der Waals surface area contributed by atoms with Gasteiger partial charge in [-0.3, -0.25) is 9.59 Å². The van der Waals surface area contributed by atoms with Crippen molar-refractivity contribution >= 4 is 80.3 Å². The molecule has 0 heterocycles. The first-order valence-corrected chi connectivity index (χ1v) is 17.4. The van der Waals surface area contributed by atoms with Gasteiger partial charge in [-0.1, -0.05) is 37.6 Å². The number of alkyl halides is 1. The van der Waals surface area contributed by atoms with E-state index in [2.05, 4.69) is 59.0 Å². The number of ketones is 2. The second-order valence-corrected chi connectivity index (χ2v) is 16.1. The Morgan fingerprint density at radius 1 is 0.909 bits per heavy atom. The van der Waals surface area contributed by atoms with Gasteiger partial charge in [0.25, 0.3) is 0 Å². The van der Waals surface area contributed by atoms with E-state index >= 15 is 0 Å². The van der Waals surface area contributed by atoms with Crippen molar-refractivity contribution in [1.29, 1.82) is 0 Å². The molecule has 0 spiro atoms. The molecule has 0 amide bonds. The molecule has 9 heteroatoms. The average Bonchev–Trinajstić information content (AvgIpc) is 3.29. The number of ether oxygens (including phenoxy) is 2. The summed E-state index contributed by atoms with van der Waals surface area (Å²) in [6, 6.07) is 14.1. The molecule has 6 rings (SSSR count). The largest absolute Gasteiger partial charge is 0.454 e. The lowest BCUT2D eigenvalue weighted by atomic mass is 9.46. The number of carbonyl (C=O) groups is 4. The molecule has 3 saturated carbocycles. The molecule has 6 nitrogen and oxygen atoms in total. The number of esters is 2. The van der Waals surface area contributed by atoms with E-state index in [1.165, 1.54) is 0 Å². The van der Waals surface area contributed by atoms with Crippen LogP contribution in [0.15, 0.2) is 72.3 Å². The molecule has 4 aliphatic rings. The standard InChI is InChI=1S/C35H33ClI2O6/c1-32-13-11-26(39)19-23(32)9-10-28-27-12-14-35(33(27,2)15-16-34(28,32)36,44-31(42)22-6-4-8-25(38)18-22)29(40)20-43-30(41)21-5-3-7-24(37)17-21/h3-8,11,13,17-19,27-28H,9-10,12,14-16,20H2,1-2H3/t27-,28-,32-,33-,34+,35-/m0/s1. The van der Waals surface area contributed by atoms with Gasteiger partial charge in [-0.2, -0.15) is 0 Å². The summed E-state index contributed by atoms with van der Waals surface area (Å²) in [7, 11) is 0. The van der Waals surface area contributed by atoms with Crippen molar-refractivity contribution in [2.45, 2.75) is 62.8 Å². The van der Waals surface area contributed by atoms with E-state index in [4.69, 9.17) is 21.1 Å². The molecule has 0 unspecified atom stereocenters. The Morgan fingerprint density at radius 2 is 1.57 bits per heavy atom. The third-order valence-corrected chi connectivity index (χ3v) is 13.2. The van der Waals surface area contributed by atoms with Gasteiger partial charge in [0.1, 0.15) is 0 Å². The fraction of sp³-hybridized carbons (Fsp3) is 0.429. The molecule has 230 valence electrons. The normalized spacial score (nSPS) is 33.8. The lowest BCUT2D eigenvalue weighted by molar-refractivity contribution is -0.163. The van der Waals surface area contributed by atoms with E-state index in [9.17, 15) is 19.2 Å². The Hall–Kier alpha value is -2.05. The van der Waals surface area contributed by atoms with Crippen LogP contribution in [0, 0.1) is 29.8 Å². The topological polar surface area (TPSA) is 86.7 Å². The molecule has 2 aromatic rings. The molecule has 0 saturated heterocycles. The summed E-state index contributed by atoms with van der Waals surface area (Å²) in [5.41, 5.74) is -0.922. The molecular weight excluding hydrogens is 806 g/mol. The highest BCUT2D eigenvalue weighted by Gasteiger charge is 2.72. The van der Waals surface area contributed by atoms with Gasteiger partial charge >= 0.3 is 11.9 Å². The molecule has 2 aromatic carbocycles. The van der Waals surface area contributed by atoms with Gasteiger partial charge in [-0.15, -0.1) is 11.6 Å². The minimum Gasteiger partial charge on any atom is -0.454 e. The number of Topliss-reactive ketones (excluding diaryl/α,β-unsaturated/α-hetero) is 1. The van der Waals surface area contributed by atoms with Gasteiger partial charge < -0.3 is 9.47 Å². The van der Waals surface area contributed by atoms with E-state index in [1.54, 1.807) is 48.6 Å². The number of allylic oxidation sites excluding steroid dienone is 4. The van der Waals surface area contributed by atoms with Crippen molar-refractivity contribution in [2.24, 2.45) is 22.7 Å². The molecule has 0 bridgehead atoms. The van der Waals surface area contributed by atoms with E-state index < -0.39 is 45.6 Å². The summed E-state index contributed by atoms with van der Waals surface area (Å²) in [5, 5.41) is 0. The first-order chi connectivity index (χ1) is 20.8. The van der Waals surface area contributed by atoms with Gasteiger partial charge in [-0.25, -0.2) is 9.59 Å². The van der Waals surface area contributed by atoms with Crippen LogP contribution in [-0.4, -0.2) is 40.6 Å². The zero-order valence-electron chi connectivity index (χ0n) is 24.5. The Labute approximate surface area is 289 Å². The minimum atomic E-state index is -1.49. The first-order valence-electron chi connectivity index (χ1n) is 14.9. The van der Waals surface area contributed by atoms with Crippen LogP contribution in [0.4, 0.5) is 0 Å². The van der Waals surface area contributed by atoms with Crippen molar-refractivity contribution in [2.75, 3.05) is 6.61 Å². The molecular formula is C35H33ClI2O6. The van der Waals surface area contributed by atoms with Gasteiger partial charge in [0.05, 0.1) is 16.0 Å². The van der Waals surface area contributed by atoms with E-state index in [1.807, 2.05) is 18.2 Å². The summed E-state index contributed by atoms with van der Waals surface area (Å²) < 4.78 is 13.7. The second kappa shape index (κ2) is 11.6. The number of halogens is 3. The highest BCUT2D eigenvalue weighted by Crippen LogP contribution is 2.71. The van der Waals surface area contributed by atoms with Crippen LogP contribution in [0.3, 0.4) is 0 Å². The van der Waals surface area contributed by atoms with Crippen molar-refractivity contribution in [3.8, 4) is 0 Å². The van der Waals surface area contributed by atoms with Crippen molar-refractivity contribution < 1.29 is 28.7 Å². The van der Waals surface area contributed by atoms with Crippen LogP contribution in [0.25, 0.3) is 0 Å². The second-order valence-electron chi connectivity index (χ2n) is 12.9. The van der Waals surface area contributed by atoms with Crippen LogP contribution in [0.5, 0.6) is 0 Å². The van der Waals surface area contributed by atoms with Gasteiger partial charge in [0, 0.05) is 18.0 Å². The third kappa shape index (κ3) is 5.01. The van der Waals surface area contributed by atoms with Crippen LogP contribution in [0.1, 0.15) is 73.1 Å². The molecule has 6 atom stereocenters. The number of hydrogen-bond donors (Lipinski definition) is 0. The SMILES string of the molecule is C[C@]12C=CC(=O)C=C1CC[C@H]1[C@@H]3CC[C@](OC(=O)c4cccc(I)c4)(C(=O)COC(=O)c4cccc(I)c4)[C@@]3(C)CC[C@@]12Cl. The van der Waals surface area contributed by atoms with E-state index in [-0.39, 0.29) is 17.6 Å². The lowest BCUT2D eigenvalue weighted by Gasteiger charge is -2.62. The molecule has 44 heavy (non-hydrogen) atoms. The maximum atomic E-state index is 14.4. The monoisotopic (exact) mass is 838 g/mol. The van der Waals surface area contributed by atoms with Crippen molar-refractivity contribution in [3.05, 3.63) is 90.6 Å². The van der Waals surface area contributed by atoms with E-state index in [0.29, 0.717) is 36.8 Å². The van der Waals surface area contributed by atoms with Gasteiger partial charge in [0.2, 0.25) is 5.78 Å². The Morgan fingerprint density at radius 3 is 2.23 bits per heavy atom. The highest BCUT2D eigenvalue weighted by molar-refractivity contribution is 14.1. The fourth-order valence-electron chi connectivity index (χ4n) is 8.55. The zero-order valence-corrected chi connectivity index (χ0v) is 29.6. The Balaban J connectivity index is 1.34. The smallest absolute Gasteiger partial charge is 0.339 e. The number of fused-ring (bicyclic) bond motifs is 5. The van der Waals surface area contributed by atoms with Crippen molar-refractivity contribution in [3.63, 3.8) is 0 Å². The van der Waals surface area contributed by atoms with Gasteiger partial charge in [-0.05, 0) is 144 Å². The summed E-state index contributed by atoms with van der Waals surface area (Å²) in [6.07, 6.45) is 8.94. The maximum absolute atomic E-state index is 14.4. The third-order valence-electron chi connectivity index (χ3n) is 11.0. The summed E-state index contributed by atoms with van der Waals surface area (Å²) in [6.45, 7) is 3.67. The molecule has 3 fully saturated rings. The molecule has 4 aliphatic carbocycles. The number of carbonyl (C=O) groups excluding carboxylic acids is 4. The van der Waals surface area contributed by atoms with Gasteiger partial charge in [0.15, 0.2) is 18.0 Å². The Bertz CT molecular complexity index is 1630. The van der Waals surface area contributed by atoms with Crippen LogP contribution >= 0.6 is 56.8 Å².